The Morgan fingerprint density at radius 1 is 1.05 bits per heavy atom. The van der Waals surface area contributed by atoms with Crippen molar-refractivity contribution in [2.45, 2.75) is 57.3 Å². The van der Waals surface area contributed by atoms with E-state index in [9.17, 15) is 18.0 Å². The molecule has 2 N–H and O–H groups in total. The Balaban J connectivity index is 1.60. The molecule has 4 rings (SSSR count). The zero-order valence-corrected chi connectivity index (χ0v) is 23.1. The predicted molar refractivity (Wildman–Crippen MR) is 147 cm³/mol. The molecule has 1 aliphatic rings. The minimum absolute atomic E-state index is 0.0543. The van der Waals surface area contributed by atoms with Gasteiger partial charge in [0.2, 0.25) is 0 Å². The summed E-state index contributed by atoms with van der Waals surface area (Å²) in [7, 11) is -4.04. The third-order valence-electron chi connectivity index (χ3n) is 5.80. The zero-order chi connectivity index (χ0) is 28.2. The van der Waals surface area contributed by atoms with E-state index < -0.39 is 33.9 Å². The molecule has 2 heterocycles. The van der Waals surface area contributed by atoms with Gasteiger partial charge in [-0.25, -0.2) is 18.0 Å². The Morgan fingerprint density at radius 3 is 2.49 bits per heavy atom. The van der Waals surface area contributed by atoms with Crippen LogP contribution in [0.4, 0.5) is 21.0 Å². The van der Waals surface area contributed by atoms with Crippen molar-refractivity contribution in [2.24, 2.45) is 0 Å². The van der Waals surface area contributed by atoms with Crippen LogP contribution in [0.2, 0.25) is 0 Å². The second kappa shape index (κ2) is 11.3. The van der Waals surface area contributed by atoms with E-state index in [2.05, 4.69) is 15.6 Å². The maximum absolute atomic E-state index is 13.8. The number of nitrogens with one attached hydrogen (secondary N) is 2. The maximum atomic E-state index is 13.8. The van der Waals surface area contributed by atoms with Crippen molar-refractivity contribution in [2.75, 3.05) is 16.2 Å². The van der Waals surface area contributed by atoms with E-state index in [-0.39, 0.29) is 30.2 Å². The first-order chi connectivity index (χ1) is 18.4. The van der Waals surface area contributed by atoms with Crippen LogP contribution in [0.25, 0.3) is 0 Å². The molecule has 2 aromatic carbocycles. The highest BCUT2D eigenvalue weighted by molar-refractivity contribution is 7.92. The number of hydrogen-bond donors (Lipinski definition) is 2. The Kier molecular flexibility index (Phi) is 8.10. The molecular weight excluding hydrogens is 520 g/mol. The number of pyridine rings is 1. The summed E-state index contributed by atoms with van der Waals surface area (Å²) in [5, 5.41) is 5.38. The number of carbonyl (C=O) groups is 2. The molecule has 3 aromatic rings. The fraction of sp³-hybridized carbons (Fsp3) is 0.321. The number of anilines is 2. The Bertz CT molecular complexity index is 1450. The van der Waals surface area contributed by atoms with Gasteiger partial charge in [0.1, 0.15) is 12.2 Å². The number of sulfonamides is 1. The highest BCUT2D eigenvalue weighted by Gasteiger charge is 2.35. The van der Waals surface area contributed by atoms with Gasteiger partial charge in [0.05, 0.1) is 40.7 Å². The van der Waals surface area contributed by atoms with E-state index >= 15 is 0 Å². The zero-order valence-electron chi connectivity index (χ0n) is 22.3. The lowest BCUT2D eigenvalue weighted by Crippen LogP contribution is -2.50. The summed E-state index contributed by atoms with van der Waals surface area (Å²) >= 11 is 0. The maximum Gasteiger partial charge on any atom is 0.412 e. The number of amides is 2. The highest BCUT2D eigenvalue weighted by Crippen LogP contribution is 2.33. The number of carbonyl (C=O) groups excluding carboxylic acids is 2. The lowest BCUT2D eigenvalue weighted by atomic mass is 10.0. The largest absolute Gasteiger partial charge is 0.445 e. The second-order valence-electron chi connectivity index (χ2n) is 10.3. The van der Waals surface area contributed by atoms with E-state index in [0.29, 0.717) is 11.4 Å². The fourth-order valence-corrected chi connectivity index (χ4v) is 5.73. The van der Waals surface area contributed by atoms with Crippen LogP contribution in [0.3, 0.4) is 0 Å². The lowest BCUT2D eigenvalue weighted by Gasteiger charge is -2.35. The monoisotopic (exact) mass is 552 g/mol. The Hall–Kier alpha value is -4.12. The number of rotatable bonds is 6. The van der Waals surface area contributed by atoms with Crippen LogP contribution in [-0.2, 0) is 32.5 Å². The third-order valence-corrected chi connectivity index (χ3v) is 7.58. The van der Waals surface area contributed by atoms with Gasteiger partial charge in [-0.2, -0.15) is 0 Å². The van der Waals surface area contributed by atoms with Gasteiger partial charge in [0.15, 0.2) is 0 Å². The van der Waals surface area contributed by atoms with Crippen molar-refractivity contribution in [1.29, 1.82) is 0 Å². The van der Waals surface area contributed by atoms with Crippen molar-refractivity contribution in [3.8, 4) is 0 Å². The predicted octanol–water partition coefficient (Wildman–Crippen LogP) is 4.78. The number of benzene rings is 2. The van der Waals surface area contributed by atoms with Crippen LogP contribution in [0, 0.1) is 6.92 Å². The molecule has 1 atom stereocenters. The first-order valence-electron chi connectivity index (χ1n) is 12.5. The molecule has 0 saturated carbocycles. The van der Waals surface area contributed by atoms with Crippen molar-refractivity contribution >= 4 is 33.6 Å². The number of fused-ring (bicyclic) bond motifs is 1. The molecule has 39 heavy (non-hydrogen) atoms. The van der Waals surface area contributed by atoms with Crippen LogP contribution in [-0.4, -0.2) is 43.8 Å². The van der Waals surface area contributed by atoms with Gasteiger partial charge in [-0.3, -0.25) is 14.6 Å². The third kappa shape index (κ3) is 7.26. The molecule has 2 amide bonds. The molecule has 0 bridgehead atoms. The molecule has 1 aliphatic heterocycles. The quantitative estimate of drug-likeness (QED) is 0.450. The number of nitrogens with zero attached hydrogens (tertiary/aromatic N) is 2. The molecule has 0 radical (unpaired) electrons. The minimum Gasteiger partial charge on any atom is -0.445 e. The Morgan fingerprint density at radius 2 is 1.79 bits per heavy atom. The molecule has 0 spiro atoms. The topological polar surface area (TPSA) is 127 Å². The average Bonchev–Trinajstić information content (AvgIpc) is 2.86. The van der Waals surface area contributed by atoms with Gasteiger partial charge >= 0.3 is 12.2 Å². The smallest absolute Gasteiger partial charge is 0.412 e. The number of hydrogen-bond acceptors (Lipinski definition) is 7. The molecule has 0 fully saturated rings. The molecule has 11 heteroatoms. The molecule has 1 aromatic heterocycles. The molecule has 206 valence electrons. The number of aryl methyl sites for hydroxylation is 1. The Labute approximate surface area is 228 Å². The first-order valence-corrected chi connectivity index (χ1v) is 13.9. The summed E-state index contributed by atoms with van der Waals surface area (Å²) in [6.45, 7) is 7.06. The second-order valence-corrected chi connectivity index (χ2v) is 12.1. The summed E-state index contributed by atoms with van der Waals surface area (Å²) in [5.41, 5.74) is 1.94. The molecule has 0 unspecified atom stereocenters. The van der Waals surface area contributed by atoms with Gasteiger partial charge in [0, 0.05) is 6.42 Å². The van der Waals surface area contributed by atoms with E-state index in [1.807, 2.05) is 30.3 Å². The van der Waals surface area contributed by atoms with Crippen molar-refractivity contribution < 1.29 is 27.5 Å². The van der Waals surface area contributed by atoms with Crippen LogP contribution in [0.5, 0.6) is 0 Å². The van der Waals surface area contributed by atoms with E-state index in [1.165, 1.54) is 16.6 Å². The standard InChI is InChI=1S/C28H32N4O6S/c1-19-9-8-12-23(13-19)39(35,36)32-17-22(31-26(33)37-18-20-10-6-5-7-11-20)14-24-25(32)15-21(16-29-24)30-27(34)38-28(2,3)4/h5-13,15-16,22H,14,17-18H2,1-4H3,(H,30,34)(H,31,33)/t22-/m1/s1. The van der Waals surface area contributed by atoms with E-state index in [4.69, 9.17) is 9.47 Å². The molecular formula is C28H32N4O6S. The van der Waals surface area contributed by atoms with Crippen molar-refractivity contribution in [3.63, 3.8) is 0 Å². The molecule has 0 saturated heterocycles. The van der Waals surface area contributed by atoms with Crippen LogP contribution in [0.15, 0.2) is 71.8 Å². The van der Waals surface area contributed by atoms with Gasteiger partial charge in [-0.15, -0.1) is 0 Å². The van der Waals surface area contributed by atoms with Crippen LogP contribution >= 0.6 is 0 Å². The van der Waals surface area contributed by atoms with E-state index in [0.717, 1.165) is 11.1 Å². The summed E-state index contributed by atoms with van der Waals surface area (Å²) in [4.78, 5) is 29.4. The lowest BCUT2D eigenvalue weighted by molar-refractivity contribution is 0.0635. The van der Waals surface area contributed by atoms with Crippen molar-refractivity contribution in [1.82, 2.24) is 10.3 Å². The first kappa shape index (κ1) is 27.9. The normalized spacial score (nSPS) is 15.2. The van der Waals surface area contributed by atoms with Crippen LogP contribution < -0.4 is 14.9 Å². The van der Waals surface area contributed by atoms with Gasteiger partial charge in [-0.05, 0) is 57.0 Å². The van der Waals surface area contributed by atoms with Gasteiger partial charge < -0.3 is 14.8 Å². The SMILES string of the molecule is Cc1cccc(S(=O)(=O)N2C[C@H](NC(=O)OCc3ccccc3)Cc3ncc(NC(=O)OC(C)(C)C)cc32)c1. The number of aromatic nitrogens is 1. The van der Waals surface area contributed by atoms with Gasteiger partial charge in [-0.1, -0.05) is 42.5 Å². The van der Waals surface area contributed by atoms with Crippen molar-refractivity contribution in [3.05, 3.63) is 83.7 Å². The summed E-state index contributed by atoms with van der Waals surface area (Å²) < 4.78 is 39.5. The summed E-state index contributed by atoms with van der Waals surface area (Å²) in [6.07, 6.45) is 0.343. The molecule has 0 aliphatic carbocycles. The highest BCUT2D eigenvalue weighted by atomic mass is 32.2. The van der Waals surface area contributed by atoms with Gasteiger partial charge in [0.25, 0.3) is 10.0 Å². The van der Waals surface area contributed by atoms with Crippen LogP contribution in [0.1, 0.15) is 37.6 Å². The van der Waals surface area contributed by atoms with E-state index in [1.54, 1.807) is 52.0 Å². The summed E-state index contributed by atoms with van der Waals surface area (Å²) in [6, 6.07) is 16.8. The molecule has 10 nitrogen and oxygen atoms in total. The number of ether oxygens (including phenoxy) is 2. The number of alkyl carbamates (subject to hydrolysis) is 1. The minimum atomic E-state index is -4.04. The average molecular weight is 553 g/mol. The fourth-order valence-electron chi connectivity index (χ4n) is 4.10. The summed E-state index contributed by atoms with van der Waals surface area (Å²) in [5.74, 6) is 0.